The molecule has 1 saturated carbocycles. The van der Waals surface area contributed by atoms with Crippen molar-refractivity contribution in [1.82, 2.24) is 29.5 Å². The number of aromatic nitrogens is 5. The number of carbonyl (C=O) groups excluding carboxylic acids is 1. The van der Waals surface area contributed by atoms with Gasteiger partial charge in [-0.1, -0.05) is 0 Å². The summed E-state index contributed by atoms with van der Waals surface area (Å²) in [6.45, 7) is 1.79. The summed E-state index contributed by atoms with van der Waals surface area (Å²) in [6.07, 6.45) is 9.79. The first-order chi connectivity index (χ1) is 14.0. The summed E-state index contributed by atoms with van der Waals surface area (Å²) < 4.78 is 17.6. The topological polar surface area (TPSA) is 97.3 Å². The Bertz CT molecular complexity index is 1260. The van der Waals surface area contributed by atoms with Crippen molar-refractivity contribution in [3.05, 3.63) is 60.1 Å². The van der Waals surface area contributed by atoms with Crippen LogP contribution in [-0.2, 0) is 0 Å². The minimum absolute atomic E-state index is 0.0241. The molecule has 0 spiro atoms. The van der Waals surface area contributed by atoms with E-state index >= 15 is 0 Å². The van der Waals surface area contributed by atoms with Gasteiger partial charge in [-0.05, 0) is 43.0 Å². The number of rotatable bonds is 4. The van der Waals surface area contributed by atoms with Crippen LogP contribution in [0, 0.1) is 12.7 Å². The number of aryl methyl sites for hydroxylation is 1. The van der Waals surface area contributed by atoms with Crippen molar-refractivity contribution in [1.29, 1.82) is 0 Å². The van der Waals surface area contributed by atoms with Crippen molar-refractivity contribution < 1.29 is 14.3 Å². The van der Waals surface area contributed by atoms with Crippen LogP contribution >= 0.6 is 0 Å². The van der Waals surface area contributed by atoms with Crippen LogP contribution in [0.2, 0.25) is 0 Å². The van der Waals surface area contributed by atoms with Crippen LogP contribution in [0.1, 0.15) is 28.8 Å². The second-order valence-corrected chi connectivity index (χ2v) is 7.16. The number of benzene rings is 1. The summed E-state index contributed by atoms with van der Waals surface area (Å²) in [5.41, 5.74) is 2.74. The van der Waals surface area contributed by atoms with Crippen LogP contribution in [0.4, 0.5) is 4.39 Å². The van der Waals surface area contributed by atoms with Gasteiger partial charge in [0.2, 0.25) is 5.88 Å². The molecule has 0 bridgehead atoms. The Balaban J connectivity index is 1.54. The van der Waals surface area contributed by atoms with E-state index in [2.05, 4.69) is 20.4 Å². The highest BCUT2D eigenvalue weighted by Gasteiger charge is 2.25. The SMILES string of the molecule is Cc1cc(F)c(C(=O)NC2CC2)cc1-c1cnn(-c2cnc3cnc(O)cn23)c1. The van der Waals surface area contributed by atoms with Gasteiger partial charge in [-0.2, -0.15) is 5.10 Å². The lowest BCUT2D eigenvalue weighted by Gasteiger charge is -2.09. The number of nitrogens with one attached hydrogen (secondary N) is 1. The number of hydrogen-bond donors (Lipinski definition) is 2. The third kappa shape index (κ3) is 3.10. The first kappa shape index (κ1) is 17.4. The predicted octanol–water partition coefficient (Wildman–Crippen LogP) is 2.63. The third-order valence-corrected chi connectivity index (χ3v) is 4.96. The molecule has 0 unspecified atom stereocenters. The van der Waals surface area contributed by atoms with Gasteiger partial charge >= 0.3 is 0 Å². The van der Waals surface area contributed by atoms with Crippen molar-refractivity contribution in [3.8, 4) is 22.8 Å². The van der Waals surface area contributed by atoms with E-state index < -0.39 is 11.7 Å². The normalized spacial score (nSPS) is 13.7. The second kappa shape index (κ2) is 6.40. The molecule has 1 aliphatic rings. The van der Waals surface area contributed by atoms with E-state index in [-0.39, 0.29) is 17.5 Å². The molecule has 146 valence electrons. The van der Waals surface area contributed by atoms with E-state index in [4.69, 9.17) is 0 Å². The smallest absolute Gasteiger partial charge is 0.254 e. The number of imidazole rings is 1. The zero-order valence-electron chi connectivity index (χ0n) is 15.5. The average molecular weight is 392 g/mol. The van der Waals surface area contributed by atoms with Crippen molar-refractivity contribution in [2.75, 3.05) is 0 Å². The molecule has 3 heterocycles. The van der Waals surface area contributed by atoms with Crippen molar-refractivity contribution in [2.24, 2.45) is 0 Å². The Morgan fingerprint density at radius 1 is 1.21 bits per heavy atom. The summed E-state index contributed by atoms with van der Waals surface area (Å²) in [5.74, 6) is -0.467. The van der Waals surface area contributed by atoms with E-state index in [9.17, 15) is 14.3 Å². The number of halogens is 1. The molecule has 2 N–H and O–H groups in total. The fourth-order valence-corrected chi connectivity index (χ4v) is 3.27. The van der Waals surface area contributed by atoms with Gasteiger partial charge in [-0.25, -0.2) is 19.0 Å². The van der Waals surface area contributed by atoms with Crippen LogP contribution in [0.25, 0.3) is 22.6 Å². The highest BCUT2D eigenvalue weighted by Crippen LogP contribution is 2.28. The number of hydrogen-bond acceptors (Lipinski definition) is 5. The van der Waals surface area contributed by atoms with Gasteiger partial charge in [0.15, 0.2) is 11.5 Å². The molecule has 1 fully saturated rings. The number of nitrogens with zero attached hydrogens (tertiary/aromatic N) is 5. The lowest BCUT2D eigenvalue weighted by molar-refractivity contribution is 0.0947. The van der Waals surface area contributed by atoms with Crippen LogP contribution in [0.3, 0.4) is 0 Å². The Hall–Kier alpha value is -3.75. The fraction of sp³-hybridized carbons (Fsp3) is 0.200. The quantitative estimate of drug-likeness (QED) is 0.556. The average Bonchev–Trinajstić information content (AvgIpc) is 3.20. The number of amides is 1. The van der Waals surface area contributed by atoms with E-state index in [1.807, 2.05) is 0 Å². The maximum Gasteiger partial charge on any atom is 0.254 e. The molecule has 1 aliphatic carbocycles. The zero-order valence-corrected chi connectivity index (χ0v) is 15.5. The molecule has 1 aromatic carbocycles. The molecular weight excluding hydrogens is 375 g/mol. The van der Waals surface area contributed by atoms with Gasteiger partial charge in [0.05, 0.1) is 30.4 Å². The Kier molecular flexibility index (Phi) is 3.83. The molecule has 29 heavy (non-hydrogen) atoms. The fourth-order valence-electron chi connectivity index (χ4n) is 3.27. The molecule has 5 rings (SSSR count). The van der Waals surface area contributed by atoms with E-state index in [0.29, 0.717) is 17.0 Å². The summed E-state index contributed by atoms with van der Waals surface area (Å²) in [6, 6.07) is 3.08. The van der Waals surface area contributed by atoms with Gasteiger partial charge in [0, 0.05) is 17.8 Å². The van der Waals surface area contributed by atoms with Gasteiger partial charge < -0.3 is 10.4 Å². The van der Waals surface area contributed by atoms with Gasteiger partial charge in [0.1, 0.15) is 5.82 Å². The second-order valence-electron chi connectivity index (χ2n) is 7.16. The predicted molar refractivity (Wildman–Crippen MR) is 102 cm³/mol. The van der Waals surface area contributed by atoms with Gasteiger partial charge in [0.25, 0.3) is 5.91 Å². The first-order valence-corrected chi connectivity index (χ1v) is 9.18. The monoisotopic (exact) mass is 392 g/mol. The summed E-state index contributed by atoms with van der Waals surface area (Å²) in [5, 5.41) is 16.8. The summed E-state index contributed by atoms with van der Waals surface area (Å²) in [7, 11) is 0. The Morgan fingerprint density at radius 3 is 2.83 bits per heavy atom. The zero-order chi connectivity index (χ0) is 20.1. The molecule has 1 amide bonds. The largest absolute Gasteiger partial charge is 0.492 e. The minimum Gasteiger partial charge on any atom is -0.492 e. The summed E-state index contributed by atoms with van der Waals surface area (Å²) >= 11 is 0. The van der Waals surface area contributed by atoms with Crippen LogP contribution in [0.15, 0.2) is 43.1 Å². The van der Waals surface area contributed by atoms with E-state index in [0.717, 1.165) is 24.0 Å². The van der Waals surface area contributed by atoms with Crippen molar-refractivity contribution in [2.45, 2.75) is 25.8 Å². The van der Waals surface area contributed by atoms with E-state index in [1.165, 1.54) is 18.5 Å². The number of aromatic hydroxyl groups is 1. The molecular formula is C20H17FN6O2. The first-order valence-electron chi connectivity index (χ1n) is 9.18. The van der Waals surface area contributed by atoms with Crippen molar-refractivity contribution in [3.63, 3.8) is 0 Å². The lowest BCUT2D eigenvalue weighted by Crippen LogP contribution is -2.26. The van der Waals surface area contributed by atoms with E-state index in [1.54, 1.807) is 40.7 Å². The maximum absolute atomic E-state index is 14.4. The molecule has 0 aliphatic heterocycles. The molecule has 0 radical (unpaired) electrons. The number of fused-ring (bicyclic) bond motifs is 1. The molecule has 4 aromatic rings. The van der Waals surface area contributed by atoms with Crippen LogP contribution < -0.4 is 5.32 Å². The van der Waals surface area contributed by atoms with Crippen LogP contribution in [-0.4, -0.2) is 41.2 Å². The lowest BCUT2D eigenvalue weighted by atomic mass is 9.99. The number of carbonyl (C=O) groups is 1. The maximum atomic E-state index is 14.4. The molecule has 9 heteroatoms. The van der Waals surface area contributed by atoms with Crippen LogP contribution in [0.5, 0.6) is 5.88 Å². The van der Waals surface area contributed by atoms with Gasteiger partial charge in [-0.15, -0.1) is 0 Å². The van der Waals surface area contributed by atoms with Gasteiger partial charge in [-0.3, -0.25) is 9.20 Å². The standard InChI is InChI=1S/C20H17FN6O2/c1-11-4-16(21)15(20(29)25-13-2-3-13)5-14(11)12-6-24-27(9-12)19-8-22-17-7-23-18(28)10-26(17)19/h4-10,13,28H,2-3H2,1H3,(H,25,29). The molecule has 8 nitrogen and oxygen atoms in total. The highest BCUT2D eigenvalue weighted by molar-refractivity contribution is 5.96. The minimum atomic E-state index is -0.540. The molecule has 3 aromatic heterocycles. The highest BCUT2D eigenvalue weighted by atomic mass is 19.1. The summed E-state index contributed by atoms with van der Waals surface area (Å²) in [4.78, 5) is 20.4. The molecule has 0 atom stereocenters. The third-order valence-electron chi connectivity index (χ3n) is 4.96. The molecule has 0 saturated heterocycles. The Labute approximate surface area is 164 Å². The van der Waals surface area contributed by atoms with Crippen molar-refractivity contribution >= 4 is 11.6 Å². The Morgan fingerprint density at radius 2 is 2.03 bits per heavy atom.